The first-order chi connectivity index (χ1) is 7.78. The number of nitrogens with zero attached hydrogens (tertiary/aromatic N) is 2. The summed E-state index contributed by atoms with van der Waals surface area (Å²) in [5.41, 5.74) is 5.95. The second kappa shape index (κ2) is 5.99. The lowest BCUT2D eigenvalue weighted by atomic mass is 10.1. The van der Waals surface area contributed by atoms with E-state index < -0.39 is 0 Å². The Kier molecular flexibility index (Phi) is 4.62. The van der Waals surface area contributed by atoms with Gasteiger partial charge < -0.3 is 15.5 Å². The van der Waals surface area contributed by atoms with Crippen LogP contribution in [0, 0.1) is 5.92 Å². The summed E-state index contributed by atoms with van der Waals surface area (Å²) in [6.45, 7) is 9.80. The largest absolute Gasteiger partial charge is 0.328 e. The molecule has 0 amide bonds. The summed E-state index contributed by atoms with van der Waals surface area (Å²) in [4.78, 5) is 5.23. The summed E-state index contributed by atoms with van der Waals surface area (Å²) in [5, 5.41) is 0. The normalized spacial score (nSPS) is 25.9. The van der Waals surface area contributed by atoms with Gasteiger partial charge in [0.05, 0.1) is 0 Å². The van der Waals surface area contributed by atoms with E-state index in [2.05, 4.69) is 16.7 Å². The summed E-state index contributed by atoms with van der Waals surface area (Å²) in [5.74, 6) is 1.04. The molecule has 1 unspecified atom stereocenters. The fourth-order valence-electron chi connectivity index (χ4n) is 2.41. The molecule has 0 bridgehead atoms. The van der Waals surface area contributed by atoms with Gasteiger partial charge in [-0.25, -0.2) is 0 Å². The van der Waals surface area contributed by atoms with Crippen LogP contribution in [-0.2, 0) is 0 Å². The molecule has 1 aliphatic carbocycles. The average Bonchev–Trinajstić information content (AvgIpc) is 3.11. The molecule has 0 aromatic rings. The minimum Gasteiger partial charge on any atom is -0.328 e. The molecule has 2 N–H and O–H groups in total. The van der Waals surface area contributed by atoms with Crippen LogP contribution in [0.15, 0.2) is 0 Å². The van der Waals surface area contributed by atoms with Gasteiger partial charge in [0.2, 0.25) is 0 Å². The highest BCUT2D eigenvalue weighted by Crippen LogP contribution is 2.29. The number of rotatable bonds is 6. The van der Waals surface area contributed by atoms with Crippen LogP contribution in [0.2, 0.25) is 0 Å². The molecule has 3 heteroatoms. The molecule has 0 spiro atoms. The van der Waals surface area contributed by atoms with Crippen LogP contribution < -0.4 is 5.73 Å². The van der Waals surface area contributed by atoms with Crippen molar-refractivity contribution >= 4 is 0 Å². The standard InChI is InChI=1S/C13H27N3/c1-2-13(14)5-6-15-7-9-16(10-8-15)11-12-3-4-12/h12-13H,2-11,14H2,1H3. The first-order valence-electron chi connectivity index (χ1n) is 6.98. The summed E-state index contributed by atoms with van der Waals surface area (Å²) in [7, 11) is 0. The van der Waals surface area contributed by atoms with E-state index in [4.69, 9.17) is 5.73 Å². The van der Waals surface area contributed by atoms with E-state index >= 15 is 0 Å². The van der Waals surface area contributed by atoms with E-state index in [-0.39, 0.29) is 0 Å². The van der Waals surface area contributed by atoms with Crippen molar-refractivity contribution in [3.05, 3.63) is 0 Å². The van der Waals surface area contributed by atoms with Gasteiger partial charge in [-0.1, -0.05) is 6.92 Å². The molecule has 2 aliphatic rings. The lowest BCUT2D eigenvalue weighted by Crippen LogP contribution is -2.47. The number of nitrogens with two attached hydrogens (primary N) is 1. The molecule has 0 aromatic carbocycles. The SMILES string of the molecule is CCC(N)CCN1CCN(CC2CC2)CC1. The Balaban J connectivity index is 1.57. The zero-order valence-electron chi connectivity index (χ0n) is 10.7. The van der Waals surface area contributed by atoms with Gasteiger partial charge in [0, 0.05) is 38.8 Å². The Morgan fingerprint density at radius 3 is 2.31 bits per heavy atom. The maximum Gasteiger partial charge on any atom is 0.0110 e. The Morgan fingerprint density at radius 2 is 1.75 bits per heavy atom. The Bertz CT molecular complexity index is 195. The molecule has 1 saturated heterocycles. The van der Waals surface area contributed by atoms with Gasteiger partial charge in [0.15, 0.2) is 0 Å². The number of hydrogen-bond donors (Lipinski definition) is 1. The van der Waals surface area contributed by atoms with Crippen molar-refractivity contribution in [2.24, 2.45) is 11.7 Å². The zero-order valence-corrected chi connectivity index (χ0v) is 10.7. The van der Waals surface area contributed by atoms with Gasteiger partial charge in [-0.05, 0) is 38.1 Å². The van der Waals surface area contributed by atoms with E-state index in [1.165, 1.54) is 58.5 Å². The highest BCUT2D eigenvalue weighted by Gasteiger charge is 2.26. The molecule has 2 fully saturated rings. The highest BCUT2D eigenvalue weighted by molar-refractivity contribution is 4.80. The quantitative estimate of drug-likeness (QED) is 0.736. The van der Waals surface area contributed by atoms with Crippen molar-refractivity contribution in [2.75, 3.05) is 39.3 Å². The van der Waals surface area contributed by atoms with Crippen molar-refractivity contribution in [3.8, 4) is 0 Å². The fraction of sp³-hybridized carbons (Fsp3) is 1.00. The second-order valence-corrected chi connectivity index (χ2v) is 5.54. The minimum absolute atomic E-state index is 0.407. The smallest absolute Gasteiger partial charge is 0.0110 e. The molecule has 1 heterocycles. The maximum atomic E-state index is 5.95. The van der Waals surface area contributed by atoms with Crippen molar-refractivity contribution in [2.45, 2.75) is 38.6 Å². The molecule has 1 atom stereocenters. The Morgan fingerprint density at radius 1 is 1.12 bits per heavy atom. The van der Waals surface area contributed by atoms with Crippen LogP contribution >= 0.6 is 0 Å². The van der Waals surface area contributed by atoms with Crippen LogP contribution in [-0.4, -0.2) is 55.1 Å². The number of piperazine rings is 1. The van der Waals surface area contributed by atoms with Gasteiger partial charge in [0.1, 0.15) is 0 Å². The van der Waals surface area contributed by atoms with Crippen LogP contribution in [0.5, 0.6) is 0 Å². The molecule has 1 saturated carbocycles. The van der Waals surface area contributed by atoms with Gasteiger partial charge in [0.25, 0.3) is 0 Å². The second-order valence-electron chi connectivity index (χ2n) is 5.54. The molecule has 3 nitrogen and oxygen atoms in total. The Hall–Kier alpha value is -0.120. The van der Waals surface area contributed by atoms with Crippen molar-refractivity contribution in [3.63, 3.8) is 0 Å². The van der Waals surface area contributed by atoms with Gasteiger partial charge >= 0.3 is 0 Å². The fourth-order valence-corrected chi connectivity index (χ4v) is 2.41. The summed E-state index contributed by atoms with van der Waals surface area (Å²) >= 11 is 0. The predicted molar refractivity (Wildman–Crippen MR) is 68.5 cm³/mol. The van der Waals surface area contributed by atoms with E-state index in [9.17, 15) is 0 Å². The van der Waals surface area contributed by atoms with Crippen LogP contribution in [0.3, 0.4) is 0 Å². The third-order valence-corrected chi connectivity index (χ3v) is 4.02. The molecule has 94 valence electrons. The third kappa shape index (κ3) is 4.04. The summed E-state index contributed by atoms with van der Waals surface area (Å²) in [6, 6.07) is 0.407. The van der Waals surface area contributed by atoms with Gasteiger partial charge in [-0.3, -0.25) is 0 Å². The maximum absolute atomic E-state index is 5.95. The van der Waals surface area contributed by atoms with E-state index in [1.807, 2.05) is 0 Å². The summed E-state index contributed by atoms with van der Waals surface area (Å²) in [6.07, 6.45) is 5.23. The highest BCUT2D eigenvalue weighted by atomic mass is 15.3. The molecule has 0 radical (unpaired) electrons. The lowest BCUT2D eigenvalue weighted by molar-refractivity contribution is 0.125. The topological polar surface area (TPSA) is 32.5 Å². The van der Waals surface area contributed by atoms with E-state index in [0.717, 1.165) is 12.3 Å². The molecule has 0 aromatic heterocycles. The first-order valence-corrected chi connectivity index (χ1v) is 6.98. The molecular weight excluding hydrogens is 198 g/mol. The lowest BCUT2D eigenvalue weighted by Gasteiger charge is -2.35. The predicted octanol–water partition coefficient (Wildman–Crippen LogP) is 1.14. The number of hydrogen-bond acceptors (Lipinski definition) is 3. The average molecular weight is 225 g/mol. The van der Waals surface area contributed by atoms with Crippen molar-refractivity contribution in [1.82, 2.24) is 9.80 Å². The molecule has 16 heavy (non-hydrogen) atoms. The molecule has 1 aliphatic heterocycles. The first kappa shape index (κ1) is 12.3. The third-order valence-electron chi connectivity index (χ3n) is 4.02. The van der Waals surface area contributed by atoms with Gasteiger partial charge in [-0.2, -0.15) is 0 Å². The van der Waals surface area contributed by atoms with Crippen LogP contribution in [0.1, 0.15) is 32.6 Å². The molecule has 2 rings (SSSR count). The van der Waals surface area contributed by atoms with E-state index in [0.29, 0.717) is 6.04 Å². The van der Waals surface area contributed by atoms with Crippen LogP contribution in [0.25, 0.3) is 0 Å². The summed E-state index contributed by atoms with van der Waals surface area (Å²) < 4.78 is 0. The van der Waals surface area contributed by atoms with Gasteiger partial charge in [-0.15, -0.1) is 0 Å². The molecular formula is C13H27N3. The van der Waals surface area contributed by atoms with Crippen LogP contribution in [0.4, 0.5) is 0 Å². The van der Waals surface area contributed by atoms with E-state index in [1.54, 1.807) is 0 Å². The van der Waals surface area contributed by atoms with Crippen molar-refractivity contribution in [1.29, 1.82) is 0 Å². The van der Waals surface area contributed by atoms with Crippen molar-refractivity contribution < 1.29 is 0 Å². The minimum atomic E-state index is 0.407. The monoisotopic (exact) mass is 225 g/mol. The zero-order chi connectivity index (χ0) is 11.4. The Labute approximate surface area is 100.0 Å².